The SMILES string of the molecule is CC(C)c1ccc(Cn2cccc2CNC2CC2)cc1. The maximum absolute atomic E-state index is 3.59. The van der Waals surface area contributed by atoms with E-state index in [0.717, 1.165) is 19.1 Å². The molecule has 0 saturated heterocycles. The lowest BCUT2D eigenvalue weighted by Crippen LogP contribution is -2.18. The molecule has 2 aromatic rings. The van der Waals surface area contributed by atoms with Gasteiger partial charge in [-0.05, 0) is 42.0 Å². The summed E-state index contributed by atoms with van der Waals surface area (Å²) in [5.74, 6) is 0.605. The molecule has 1 N–H and O–H groups in total. The molecule has 1 fully saturated rings. The number of rotatable bonds is 6. The van der Waals surface area contributed by atoms with Gasteiger partial charge in [0.05, 0.1) is 0 Å². The summed E-state index contributed by atoms with van der Waals surface area (Å²) < 4.78 is 2.35. The Morgan fingerprint density at radius 1 is 1.15 bits per heavy atom. The number of benzene rings is 1. The Labute approximate surface area is 121 Å². The van der Waals surface area contributed by atoms with Gasteiger partial charge in [0.2, 0.25) is 0 Å². The number of hydrogen-bond donors (Lipinski definition) is 1. The van der Waals surface area contributed by atoms with Crippen LogP contribution in [-0.4, -0.2) is 10.6 Å². The maximum Gasteiger partial charge on any atom is 0.0473 e. The van der Waals surface area contributed by atoms with E-state index >= 15 is 0 Å². The maximum atomic E-state index is 3.59. The van der Waals surface area contributed by atoms with Gasteiger partial charge < -0.3 is 9.88 Å². The first-order valence-electron chi connectivity index (χ1n) is 7.68. The summed E-state index contributed by atoms with van der Waals surface area (Å²) in [5.41, 5.74) is 4.17. The molecule has 1 heterocycles. The monoisotopic (exact) mass is 268 g/mol. The van der Waals surface area contributed by atoms with Crippen molar-refractivity contribution in [1.29, 1.82) is 0 Å². The predicted octanol–water partition coefficient (Wildman–Crippen LogP) is 3.91. The van der Waals surface area contributed by atoms with Crippen LogP contribution in [-0.2, 0) is 13.1 Å². The highest BCUT2D eigenvalue weighted by Gasteiger charge is 2.20. The van der Waals surface area contributed by atoms with E-state index in [0.29, 0.717) is 5.92 Å². The highest BCUT2D eigenvalue weighted by molar-refractivity contribution is 5.25. The van der Waals surface area contributed by atoms with Gasteiger partial charge in [0.25, 0.3) is 0 Å². The zero-order valence-corrected chi connectivity index (χ0v) is 12.5. The van der Waals surface area contributed by atoms with Gasteiger partial charge in [-0.15, -0.1) is 0 Å². The van der Waals surface area contributed by atoms with Gasteiger partial charge in [-0.25, -0.2) is 0 Å². The van der Waals surface area contributed by atoms with Crippen LogP contribution in [0.15, 0.2) is 42.6 Å². The van der Waals surface area contributed by atoms with Gasteiger partial charge in [-0.3, -0.25) is 0 Å². The minimum atomic E-state index is 0.605. The number of hydrogen-bond acceptors (Lipinski definition) is 1. The fraction of sp³-hybridized carbons (Fsp3) is 0.444. The molecule has 0 bridgehead atoms. The second-order valence-electron chi connectivity index (χ2n) is 6.18. The van der Waals surface area contributed by atoms with Gasteiger partial charge in [-0.1, -0.05) is 38.1 Å². The summed E-state index contributed by atoms with van der Waals surface area (Å²) in [5, 5.41) is 3.59. The van der Waals surface area contributed by atoms with Gasteiger partial charge in [0.1, 0.15) is 0 Å². The van der Waals surface area contributed by atoms with Crippen LogP contribution in [0.3, 0.4) is 0 Å². The molecule has 1 saturated carbocycles. The van der Waals surface area contributed by atoms with E-state index < -0.39 is 0 Å². The van der Waals surface area contributed by atoms with E-state index in [1.165, 1.54) is 29.7 Å². The topological polar surface area (TPSA) is 17.0 Å². The Kier molecular flexibility index (Phi) is 3.93. The summed E-state index contributed by atoms with van der Waals surface area (Å²) in [6.45, 7) is 6.43. The Morgan fingerprint density at radius 3 is 2.55 bits per heavy atom. The van der Waals surface area contributed by atoms with E-state index in [1.54, 1.807) is 0 Å². The van der Waals surface area contributed by atoms with Crippen molar-refractivity contribution in [2.75, 3.05) is 0 Å². The Bertz CT molecular complexity index is 547. The second-order valence-corrected chi connectivity index (χ2v) is 6.18. The Morgan fingerprint density at radius 2 is 1.90 bits per heavy atom. The van der Waals surface area contributed by atoms with Gasteiger partial charge in [0.15, 0.2) is 0 Å². The molecule has 1 aromatic heterocycles. The molecule has 0 atom stereocenters. The Balaban J connectivity index is 1.65. The minimum Gasteiger partial charge on any atom is -0.346 e. The average molecular weight is 268 g/mol. The molecule has 1 aliphatic rings. The molecule has 2 heteroatoms. The third-order valence-electron chi connectivity index (χ3n) is 4.07. The van der Waals surface area contributed by atoms with E-state index in [1.807, 2.05) is 0 Å². The summed E-state index contributed by atoms with van der Waals surface area (Å²) in [4.78, 5) is 0. The molecule has 2 nitrogen and oxygen atoms in total. The molecular formula is C18H24N2. The van der Waals surface area contributed by atoms with Crippen molar-refractivity contribution in [1.82, 2.24) is 9.88 Å². The molecule has 0 unspecified atom stereocenters. The molecule has 0 radical (unpaired) electrons. The van der Waals surface area contributed by atoms with Crippen molar-refractivity contribution in [3.63, 3.8) is 0 Å². The highest BCUT2D eigenvalue weighted by Crippen LogP contribution is 2.20. The Hall–Kier alpha value is -1.54. The molecule has 1 aromatic carbocycles. The fourth-order valence-electron chi connectivity index (χ4n) is 2.51. The molecular weight excluding hydrogens is 244 g/mol. The quantitative estimate of drug-likeness (QED) is 0.840. The summed E-state index contributed by atoms with van der Waals surface area (Å²) >= 11 is 0. The van der Waals surface area contributed by atoms with Gasteiger partial charge in [0, 0.05) is 31.0 Å². The lowest BCUT2D eigenvalue weighted by Gasteiger charge is -2.11. The van der Waals surface area contributed by atoms with Crippen LogP contribution >= 0.6 is 0 Å². The van der Waals surface area contributed by atoms with Crippen molar-refractivity contribution in [2.24, 2.45) is 0 Å². The first kappa shape index (κ1) is 13.4. The third kappa shape index (κ3) is 3.31. The molecule has 0 spiro atoms. The predicted molar refractivity (Wildman–Crippen MR) is 83.9 cm³/mol. The first-order valence-corrected chi connectivity index (χ1v) is 7.68. The van der Waals surface area contributed by atoms with Crippen LogP contribution in [0.2, 0.25) is 0 Å². The average Bonchev–Trinajstić information content (AvgIpc) is 3.18. The smallest absolute Gasteiger partial charge is 0.0473 e. The van der Waals surface area contributed by atoms with Crippen molar-refractivity contribution < 1.29 is 0 Å². The van der Waals surface area contributed by atoms with Crippen molar-refractivity contribution in [2.45, 2.75) is 51.7 Å². The van der Waals surface area contributed by atoms with Crippen LogP contribution in [0.4, 0.5) is 0 Å². The van der Waals surface area contributed by atoms with Gasteiger partial charge >= 0.3 is 0 Å². The summed E-state index contributed by atoms with van der Waals surface area (Å²) in [6, 6.07) is 14.2. The van der Waals surface area contributed by atoms with Crippen molar-refractivity contribution >= 4 is 0 Å². The number of nitrogens with one attached hydrogen (secondary N) is 1. The summed E-state index contributed by atoms with van der Waals surface area (Å²) in [6.07, 6.45) is 4.87. The van der Waals surface area contributed by atoms with Crippen LogP contribution in [0, 0.1) is 0 Å². The van der Waals surface area contributed by atoms with Crippen LogP contribution in [0.25, 0.3) is 0 Å². The molecule has 1 aliphatic carbocycles. The molecule has 0 amide bonds. The zero-order valence-electron chi connectivity index (χ0n) is 12.5. The lowest BCUT2D eigenvalue weighted by atomic mass is 10.0. The zero-order chi connectivity index (χ0) is 13.9. The van der Waals surface area contributed by atoms with E-state index in [-0.39, 0.29) is 0 Å². The lowest BCUT2D eigenvalue weighted by molar-refractivity contribution is 0.634. The standard InChI is InChI=1S/C18H24N2/c1-14(2)16-7-5-15(6-8-16)13-20-11-3-4-18(20)12-19-17-9-10-17/h3-8,11,14,17,19H,9-10,12-13H2,1-2H3. The molecule has 3 rings (SSSR count). The normalized spacial score (nSPS) is 14.9. The van der Waals surface area contributed by atoms with Crippen LogP contribution in [0.5, 0.6) is 0 Å². The van der Waals surface area contributed by atoms with Crippen molar-refractivity contribution in [3.05, 3.63) is 59.4 Å². The van der Waals surface area contributed by atoms with Crippen LogP contribution < -0.4 is 5.32 Å². The van der Waals surface area contributed by atoms with E-state index in [9.17, 15) is 0 Å². The second kappa shape index (κ2) is 5.84. The summed E-state index contributed by atoms with van der Waals surface area (Å²) in [7, 11) is 0. The van der Waals surface area contributed by atoms with E-state index in [2.05, 4.69) is 66.3 Å². The van der Waals surface area contributed by atoms with Crippen molar-refractivity contribution in [3.8, 4) is 0 Å². The minimum absolute atomic E-state index is 0.605. The largest absolute Gasteiger partial charge is 0.346 e. The molecule has 106 valence electrons. The fourth-order valence-corrected chi connectivity index (χ4v) is 2.51. The van der Waals surface area contributed by atoms with Crippen LogP contribution in [0.1, 0.15) is 49.4 Å². The highest BCUT2D eigenvalue weighted by atomic mass is 15.0. The first-order chi connectivity index (χ1) is 9.72. The number of nitrogens with zero attached hydrogens (tertiary/aromatic N) is 1. The number of aromatic nitrogens is 1. The third-order valence-corrected chi connectivity index (χ3v) is 4.07. The van der Waals surface area contributed by atoms with E-state index in [4.69, 9.17) is 0 Å². The molecule has 0 aliphatic heterocycles. The van der Waals surface area contributed by atoms with Gasteiger partial charge in [-0.2, -0.15) is 0 Å². The molecule has 20 heavy (non-hydrogen) atoms.